The summed E-state index contributed by atoms with van der Waals surface area (Å²) in [5, 5.41) is 11.8. The molecule has 0 atom stereocenters. The predicted octanol–water partition coefficient (Wildman–Crippen LogP) is 3.60. The summed E-state index contributed by atoms with van der Waals surface area (Å²) in [5.74, 6) is 0.631. The maximum atomic E-state index is 10.7. The Hall–Kier alpha value is -1.84. The van der Waals surface area contributed by atoms with E-state index in [2.05, 4.69) is 18.4 Å². The number of fused-ring (bicyclic) bond motifs is 1. The quantitative estimate of drug-likeness (QED) is 0.597. The van der Waals surface area contributed by atoms with Gasteiger partial charge < -0.3 is 4.57 Å². The van der Waals surface area contributed by atoms with Crippen LogP contribution in [0.5, 0.6) is 0 Å². The van der Waals surface area contributed by atoms with Gasteiger partial charge >= 0.3 is 0 Å². The molecule has 4 nitrogen and oxygen atoms in total. The Morgan fingerprint density at radius 1 is 1.35 bits per heavy atom. The van der Waals surface area contributed by atoms with E-state index in [0.717, 1.165) is 23.9 Å². The highest BCUT2D eigenvalue weighted by atomic mass is 16.6. The van der Waals surface area contributed by atoms with Crippen molar-refractivity contribution in [2.45, 2.75) is 26.8 Å². The third-order valence-electron chi connectivity index (χ3n) is 2.92. The van der Waals surface area contributed by atoms with Crippen LogP contribution in [0.4, 0.5) is 5.69 Å². The molecule has 1 aromatic heterocycles. The second-order valence-corrected chi connectivity index (χ2v) is 4.69. The number of benzene rings is 1. The molecule has 4 heteroatoms. The van der Waals surface area contributed by atoms with Gasteiger partial charge in [-0.3, -0.25) is 10.1 Å². The fraction of sp³-hybridized carbons (Fsp3) is 0.385. The molecule has 0 radical (unpaired) electrons. The number of non-ortho nitro benzene ring substituents is 1. The highest BCUT2D eigenvalue weighted by Crippen LogP contribution is 2.22. The minimum absolute atomic E-state index is 0.155. The van der Waals surface area contributed by atoms with Crippen LogP contribution < -0.4 is 0 Å². The van der Waals surface area contributed by atoms with E-state index in [1.165, 1.54) is 0 Å². The van der Waals surface area contributed by atoms with Crippen LogP contribution >= 0.6 is 0 Å². The Morgan fingerprint density at radius 3 is 2.76 bits per heavy atom. The predicted molar refractivity (Wildman–Crippen MR) is 68.0 cm³/mol. The second kappa shape index (κ2) is 4.57. The van der Waals surface area contributed by atoms with Crippen LogP contribution in [0, 0.1) is 16.0 Å². The minimum atomic E-state index is -0.348. The van der Waals surface area contributed by atoms with Gasteiger partial charge in [-0.1, -0.05) is 13.8 Å². The van der Waals surface area contributed by atoms with E-state index in [9.17, 15) is 10.1 Å². The van der Waals surface area contributed by atoms with Crippen LogP contribution in [-0.4, -0.2) is 9.49 Å². The van der Waals surface area contributed by atoms with Crippen molar-refractivity contribution in [3.8, 4) is 0 Å². The summed E-state index contributed by atoms with van der Waals surface area (Å²) in [5.41, 5.74) is 1.10. The van der Waals surface area contributed by atoms with Gasteiger partial charge in [-0.2, -0.15) is 0 Å². The average molecular weight is 232 g/mol. The summed E-state index contributed by atoms with van der Waals surface area (Å²) in [4.78, 5) is 10.4. The maximum absolute atomic E-state index is 10.7. The largest absolute Gasteiger partial charge is 0.347 e. The zero-order valence-electron chi connectivity index (χ0n) is 10.1. The first kappa shape index (κ1) is 11.6. The van der Waals surface area contributed by atoms with Crippen molar-refractivity contribution >= 4 is 16.6 Å². The fourth-order valence-corrected chi connectivity index (χ4v) is 1.88. The SMILES string of the molecule is CC(C)CCn1ccc2ccc([N+](=O)[O-])cc21. The van der Waals surface area contributed by atoms with E-state index in [0.29, 0.717) is 5.92 Å². The van der Waals surface area contributed by atoms with Crippen LogP contribution in [0.15, 0.2) is 30.5 Å². The van der Waals surface area contributed by atoms with Crippen LogP contribution in [0.3, 0.4) is 0 Å². The summed E-state index contributed by atoms with van der Waals surface area (Å²) in [6.45, 7) is 5.25. The third kappa shape index (κ3) is 2.46. The van der Waals surface area contributed by atoms with Gasteiger partial charge in [0, 0.05) is 30.3 Å². The molecule has 0 aliphatic carbocycles. The topological polar surface area (TPSA) is 48.1 Å². The van der Waals surface area contributed by atoms with Crippen molar-refractivity contribution in [1.82, 2.24) is 4.57 Å². The number of rotatable bonds is 4. The zero-order chi connectivity index (χ0) is 12.4. The molecule has 0 saturated carbocycles. The van der Waals surface area contributed by atoms with Crippen molar-refractivity contribution in [2.24, 2.45) is 5.92 Å². The maximum Gasteiger partial charge on any atom is 0.271 e. The first-order valence-corrected chi connectivity index (χ1v) is 5.81. The number of nitro benzene ring substituents is 1. The Balaban J connectivity index is 2.36. The molecule has 2 aromatic rings. The van der Waals surface area contributed by atoms with Gasteiger partial charge in [0.15, 0.2) is 0 Å². The first-order valence-electron chi connectivity index (χ1n) is 5.81. The van der Waals surface area contributed by atoms with E-state index in [1.54, 1.807) is 18.2 Å². The molecular weight excluding hydrogens is 216 g/mol. The minimum Gasteiger partial charge on any atom is -0.347 e. The molecular formula is C13H16N2O2. The molecule has 0 amide bonds. The fourth-order valence-electron chi connectivity index (χ4n) is 1.88. The molecule has 0 saturated heterocycles. The lowest BCUT2D eigenvalue weighted by Gasteiger charge is -2.07. The van der Waals surface area contributed by atoms with E-state index >= 15 is 0 Å². The van der Waals surface area contributed by atoms with Crippen molar-refractivity contribution in [3.63, 3.8) is 0 Å². The Bertz CT molecular complexity index is 543. The van der Waals surface area contributed by atoms with Crippen molar-refractivity contribution in [3.05, 3.63) is 40.6 Å². The molecule has 0 aliphatic rings. The van der Waals surface area contributed by atoms with Gasteiger partial charge in [0.05, 0.1) is 10.4 Å². The van der Waals surface area contributed by atoms with Crippen LogP contribution in [-0.2, 0) is 6.54 Å². The molecule has 17 heavy (non-hydrogen) atoms. The first-order chi connectivity index (χ1) is 8.08. The summed E-state index contributed by atoms with van der Waals surface area (Å²) in [6.07, 6.45) is 3.07. The van der Waals surface area contributed by atoms with Crippen molar-refractivity contribution < 1.29 is 4.92 Å². The molecule has 2 rings (SSSR count). The average Bonchev–Trinajstić information content (AvgIpc) is 2.68. The molecule has 0 fully saturated rings. The Labute approximate surface area is 100 Å². The lowest BCUT2D eigenvalue weighted by atomic mass is 10.1. The molecule has 1 aromatic carbocycles. The Morgan fingerprint density at radius 2 is 2.12 bits per heavy atom. The van der Waals surface area contributed by atoms with Crippen LogP contribution in [0.1, 0.15) is 20.3 Å². The molecule has 0 aliphatic heterocycles. The van der Waals surface area contributed by atoms with E-state index < -0.39 is 0 Å². The zero-order valence-corrected chi connectivity index (χ0v) is 10.1. The van der Waals surface area contributed by atoms with Gasteiger partial charge in [0.1, 0.15) is 0 Å². The lowest BCUT2D eigenvalue weighted by molar-refractivity contribution is -0.384. The highest BCUT2D eigenvalue weighted by molar-refractivity contribution is 5.82. The summed E-state index contributed by atoms with van der Waals surface area (Å²) in [6, 6.07) is 7.00. The van der Waals surface area contributed by atoms with Gasteiger partial charge in [0.2, 0.25) is 0 Å². The van der Waals surface area contributed by atoms with E-state index in [4.69, 9.17) is 0 Å². The number of nitro groups is 1. The molecule has 1 heterocycles. The van der Waals surface area contributed by atoms with E-state index in [1.807, 2.05) is 12.3 Å². The number of aryl methyl sites for hydroxylation is 1. The Kier molecular flexibility index (Phi) is 3.13. The normalized spacial score (nSPS) is 11.2. The number of aromatic nitrogens is 1. The van der Waals surface area contributed by atoms with Gasteiger partial charge in [-0.15, -0.1) is 0 Å². The molecule has 0 bridgehead atoms. The van der Waals surface area contributed by atoms with Crippen LogP contribution in [0.2, 0.25) is 0 Å². The highest BCUT2D eigenvalue weighted by Gasteiger charge is 2.09. The summed E-state index contributed by atoms with van der Waals surface area (Å²) in [7, 11) is 0. The molecule has 0 spiro atoms. The molecule has 0 N–H and O–H groups in total. The third-order valence-corrected chi connectivity index (χ3v) is 2.92. The molecule has 0 unspecified atom stereocenters. The number of hydrogen-bond acceptors (Lipinski definition) is 2. The van der Waals surface area contributed by atoms with Gasteiger partial charge in [0.25, 0.3) is 5.69 Å². The standard InChI is InChI=1S/C13H16N2O2/c1-10(2)5-7-14-8-6-11-3-4-12(15(16)17)9-13(11)14/h3-4,6,8-10H,5,7H2,1-2H3. The van der Waals surface area contributed by atoms with Crippen molar-refractivity contribution in [1.29, 1.82) is 0 Å². The van der Waals surface area contributed by atoms with E-state index in [-0.39, 0.29) is 10.6 Å². The number of hydrogen-bond donors (Lipinski definition) is 0. The summed E-state index contributed by atoms with van der Waals surface area (Å²) >= 11 is 0. The monoisotopic (exact) mass is 232 g/mol. The lowest BCUT2D eigenvalue weighted by Crippen LogP contribution is -2.00. The summed E-state index contributed by atoms with van der Waals surface area (Å²) < 4.78 is 2.09. The smallest absolute Gasteiger partial charge is 0.271 e. The second-order valence-electron chi connectivity index (χ2n) is 4.69. The van der Waals surface area contributed by atoms with Crippen molar-refractivity contribution in [2.75, 3.05) is 0 Å². The number of nitrogens with zero attached hydrogens (tertiary/aromatic N) is 2. The van der Waals surface area contributed by atoms with Gasteiger partial charge in [-0.25, -0.2) is 0 Å². The molecule has 90 valence electrons. The van der Waals surface area contributed by atoms with Gasteiger partial charge in [-0.05, 0) is 24.5 Å². The van der Waals surface area contributed by atoms with Crippen LogP contribution in [0.25, 0.3) is 10.9 Å².